The standard InChI is InChI=1S/C9H11F2N/c1-5-4-6(2)12-8(7(5)3)9(10)11/h4,9H,1-3H3. The lowest BCUT2D eigenvalue weighted by atomic mass is 10.1. The van der Waals surface area contributed by atoms with E-state index in [4.69, 9.17) is 0 Å². The molecule has 1 aromatic rings. The summed E-state index contributed by atoms with van der Waals surface area (Å²) in [5.41, 5.74) is 2.02. The molecule has 0 spiro atoms. The number of rotatable bonds is 1. The second-order valence-corrected chi connectivity index (χ2v) is 2.89. The van der Waals surface area contributed by atoms with Crippen molar-refractivity contribution in [1.82, 2.24) is 4.98 Å². The number of nitrogens with zero attached hydrogens (tertiary/aromatic N) is 1. The van der Waals surface area contributed by atoms with Crippen molar-refractivity contribution in [2.75, 3.05) is 0 Å². The molecule has 1 rings (SSSR count). The summed E-state index contributed by atoms with van der Waals surface area (Å²) in [5.74, 6) is 0. The van der Waals surface area contributed by atoms with E-state index in [0.717, 1.165) is 5.56 Å². The summed E-state index contributed by atoms with van der Waals surface area (Å²) < 4.78 is 24.7. The molecule has 0 aliphatic carbocycles. The van der Waals surface area contributed by atoms with Crippen molar-refractivity contribution in [3.8, 4) is 0 Å². The Balaban J connectivity index is 3.28. The Hall–Kier alpha value is -0.990. The van der Waals surface area contributed by atoms with E-state index in [-0.39, 0.29) is 5.69 Å². The minimum atomic E-state index is -2.47. The third kappa shape index (κ3) is 1.60. The van der Waals surface area contributed by atoms with Gasteiger partial charge in [-0.3, -0.25) is 4.98 Å². The highest BCUT2D eigenvalue weighted by molar-refractivity contribution is 5.30. The van der Waals surface area contributed by atoms with Crippen molar-refractivity contribution in [3.05, 3.63) is 28.6 Å². The first-order chi connectivity index (χ1) is 5.52. The molecule has 1 aromatic heterocycles. The summed E-state index contributed by atoms with van der Waals surface area (Å²) in [6.45, 7) is 5.21. The smallest absolute Gasteiger partial charge is 0.252 e. The van der Waals surface area contributed by atoms with Gasteiger partial charge in [0, 0.05) is 5.69 Å². The summed E-state index contributed by atoms with van der Waals surface area (Å²) in [5, 5.41) is 0. The fourth-order valence-corrected chi connectivity index (χ4v) is 1.14. The number of pyridine rings is 1. The molecule has 0 radical (unpaired) electrons. The number of aromatic nitrogens is 1. The molecule has 66 valence electrons. The molecule has 12 heavy (non-hydrogen) atoms. The summed E-state index contributed by atoms with van der Waals surface area (Å²) in [6, 6.07) is 1.81. The van der Waals surface area contributed by atoms with Crippen molar-refractivity contribution in [3.63, 3.8) is 0 Å². The Labute approximate surface area is 70.4 Å². The van der Waals surface area contributed by atoms with Crippen LogP contribution in [-0.4, -0.2) is 4.98 Å². The summed E-state index contributed by atoms with van der Waals surface area (Å²) >= 11 is 0. The zero-order chi connectivity index (χ0) is 9.30. The average Bonchev–Trinajstić information content (AvgIpc) is 1.96. The van der Waals surface area contributed by atoms with Crippen LogP contribution >= 0.6 is 0 Å². The molecule has 0 fully saturated rings. The van der Waals surface area contributed by atoms with E-state index in [1.54, 1.807) is 19.9 Å². The number of hydrogen-bond donors (Lipinski definition) is 0. The van der Waals surface area contributed by atoms with Crippen LogP contribution in [0.15, 0.2) is 6.07 Å². The lowest BCUT2D eigenvalue weighted by Crippen LogP contribution is -1.99. The van der Waals surface area contributed by atoms with Crippen LogP contribution in [0.25, 0.3) is 0 Å². The summed E-state index contributed by atoms with van der Waals surface area (Å²) in [7, 11) is 0. The van der Waals surface area contributed by atoms with Crippen molar-refractivity contribution in [1.29, 1.82) is 0 Å². The van der Waals surface area contributed by atoms with Crippen LogP contribution < -0.4 is 0 Å². The van der Waals surface area contributed by atoms with Crippen LogP contribution in [0.3, 0.4) is 0 Å². The quantitative estimate of drug-likeness (QED) is 0.633. The molecule has 0 N–H and O–H groups in total. The molecule has 0 aliphatic heterocycles. The van der Waals surface area contributed by atoms with Crippen LogP contribution in [-0.2, 0) is 0 Å². The van der Waals surface area contributed by atoms with E-state index in [2.05, 4.69) is 4.98 Å². The van der Waals surface area contributed by atoms with Gasteiger partial charge in [0.1, 0.15) is 5.69 Å². The van der Waals surface area contributed by atoms with E-state index in [1.165, 1.54) is 0 Å². The van der Waals surface area contributed by atoms with Gasteiger partial charge in [0.15, 0.2) is 0 Å². The maximum atomic E-state index is 12.3. The minimum Gasteiger partial charge on any atom is -0.252 e. The third-order valence-electron chi connectivity index (χ3n) is 1.90. The average molecular weight is 171 g/mol. The number of hydrogen-bond acceptors (Lipinski definition) is 1. The number of alkyl halides is 2. The summed E-state index contributed by atoms with van der Waals surface area (Å²) in [6.07, 6.45) is -2.47. The van der Waals surface area contributed by atoms with Crippen LogP contribution in [0.5, 0.6) is 0 Å². The second kappa shape index (κ2) is 3.17. The van der Waals surface area contributed by atoms with Crippen LogP contribution in [0, 0.1) is 20.8 Å². The van der Waals surface area contributed by atoms with Gasteiger partial charge < -0.3 is 0 Å². The van der Waals surface area contributed by atoms with Crippen molar-refractivity contribution >= 4 is 0 Å². The Morgan fingerprint density at radius 2 is 1.83 bits per heavy atom. The molecule has 3 heteroatoms. The Bertz CT molecular complexity index is 295. The lowest BCUT2D eigenvalue weighted by Gasteiger charge is -2.07. The molecule has 0 aliphatic rings. The molecule has 0 saturated carbocycles. The van der Waals surface area contributed by atoms with Gasteiger partial charge >= 0.3 is 0 Å². The Morgan fingerprint density at radius 3 is 2.33 bits per heavy atom. The van der Waals surface area contributed by atoms with Gasteiger partial charge in [0.25, 0.3) is 6.43 Å². The molecule has 0 aromatic carbocycles. The molecule has 0 atom stereocenters. The number of aryl methyl sites for hydroxylation is 2. The van der Waals surface area contributed by atoms with Gasteiger partial charge in [-0.25, -0.2) is 8.78 Å². The third-order valence-corrected chi connectivity index (χ3v) is 1.90. The van der Waals surface area contributed by atoms with Gasteiger partial charge in [-0.1, -0.05) is 0 Å². The van der Waals surface area contributed by atoms with Crippen LogP contribution in [0.2, 0.25) is 0 Å². The van der Waals surface area contributed by atoms with E-state index < -0.39 is 6.43 Å². The Kier molecular flexibility index (Phi) is 2.40. The van der Waals surface area contributed by atoms with Crippen molar-refractivity contribution in [2.45, 2.75) is 27.2 Å². The van der Waals surface area contributed by atoms with E-state index >= 15 is 0 Å². The van der Waals surface area contributed by atoms with Gasteiger partial charge in [-0.15, -0.1) is 0 Å². The number of halogens is 2. The molecule has 1 heterocycles. The molecule has 0 unspecified atom stereocenters. The van der Waals surface area contributed by atoms with E-state index in [9.17, 15) is 8.78 Å². The van der Waals surface area contributed by atoms with Gasteiger partial charge in [0.05, 0.1) is 0 Å². The molecular weight excluding hydrogens is 160 g/mol. The predicted molar refractivity (Wildman–Crippen MR) is 43.4 cm³/mol. The monoisotopic (exact) mass is 171 g/mol. The maximum Gasteiger partial charge on any atom is 0.280 e. The zero-order valence-corrected chi connectivity index (χ0v) is 7.36. The summed E-state index contributed by atoms with van der Waals surface area (Å²) in [4.78, 5) is 3.78. The SMILES string of the molecule is Cc1cc(C)c(C)c(C(F)F)n1. The molecule has 0 amide bonds. The molecule has 1 nitrogen and oxygen atoms in total. The van der Waals surface area contributed by atoms with Gasteiger partial charge in [-0.2, -0.15) is 0 Å². The highest BCUT2D eigenvalue weighted by Gasteiger charge is 2.13. The molecular formula is C9H11F2N. The predicted octanol–water partition coefficient (Wildman–Crippen LogP) is 2.94. The van der Waals surface area contributed by atoms with Gasteiger partial charge in [0.2, 0.25) is 0 Å². The first-order valence-electron chi connectivity index (χ1n) is 3.75. The second-order valence-electron chi connectivity index (χ2n) is 2.89. The fourth-order valence-electron chi connectivity index (χ4n) is 1.14. The normalized spacial score (nSPS) is 10.8. The van der Waals surface area contributed by atoms with Gasteiger partial charge in [-0.05, 0) is 38.0 Å². The van der Waals surface area contributed by atoms with Crippen molar-refractivity contribution in [2.24, 2.45) is 0 Å². The lowest BCUT2D eigenvalue weighted by molar-refractivity contribution is 0.145. The fraction of sp³-hybridized carbons (Fsp3) is 0.444. The minimum absolute atomic E-state index is 0.0903. The topological polar surface area (TPSA) is 12.9 Å². The highest BCUT2D eigenvalue weighted by atomic mass is 19.3. The van der Waals surface area contributed by atoms with E-state index in [0.29, 0.717) is 11.3 Å². The zero-order valence-electron chi connectivity index (χ0n) is 7.36. The van der Waals surface area contributed by atoms with Crippen molar-refractivity contribution < 1.29 is 8.78 Å². The van der Waals surface area contributed by atoms with Crippen LogP contribution in [0.4, 0.5) is 8.78 Å². The maximum absolute atomic E-state index is 12.3. The first kappa shape index (κ1) is 9.10. The highest BCUT2D eigenvalue weighted by Crippen LogP contribution is 2.22. The first-order valence-corrected chi connectivity index (χ1v) is 3.75. The molecule has 0 bridgehead atoms. The Morgan fingerprint density at radius 1 is 1.25 bits per heavy atom. The largest absolute Gasteiger partial charge is 0.280 e. The molecule has 0 saturated heterocycles. The van der Waals surface area contributed by atoms with Crippen LogP contribution in [0.1, 0.15) is 28.9 Å². The van der Waals surface area contributed by atoms with E-state index in [1.807, 2.05) is 6.92 Å².